The zero-order valence-corrected chi connectivity index (χ0v) is 9.28. The minimum absolute atomic E-state index is 0.0235. The molecule has 0 aliphatic heterocycles. The average Bonchev–Trinajstić information content (AvgIpc) is 2.20. The first-order valence-corrected chi connectivity index (χ1v) is 4.86. The third kappa shape index (κ3) is 3.13. The number of ether oxygens (including phenoxy) is 2. The first kappa shape index (κ1) is 12.3. The fraction of sp³-hybridized carbons (Fsp3) is 0.200. The molecule has 0 saturated carbocycles. The molecule has 0 radical (unpaired) electrons. The second-order valence-electron chi connectivity index (χ2n) is 2.79. The van der Waals surface area contributed by atoms with Crippen molar-refractivity contribution < 1.29 is 19.1 Å². The summed E-state index contributed by atoms with van der Waals surface area (Å²) in [5.41, 5.74) is 5.13. The summed E-state index contributed by atoms with van der Waals surface area (Å²) < 4.78 is 9.35. The quantitative estimate of drug-likeness (QED) is 0.650. The third-order valence-electron chi connectivity index (χ3n) is 1.66. The summed E-state index contributed by atoms with van der Waals surface area (Å²) in [5, 5.41) is 0.324. The van der Waals surface area contributed by atoms with E-state index in [9.17, 15) is 9.59 Å². The lowest BCUT2D eigenvalue weighted by atomic mass is 10.2. The standard InChI is InChI=1S/C10H10ClNO4/c1-2-15-10(14)16-8-4-3-6(11)5-7(8)9(12)13/h3-5H,2H2,1H3,(H2,12,13). The zero-order valence-electron chi connectivity index (χ0n) is 8.53. The summed E-state index contributed by atoms with van der Waals surface area (Å²) in [5.74, 6) is -0.711. The highest BCUT2D eigenvalue weighted by Gasteiger charge is 2.14. The summed E-state index contributed by atoms with van der Waals surface area (Å²) in [6.45, 7) is 1.82. The largest absolute Gasteiger partial charge is 0.513 e. The van der Waals surface area contributed by atoms with E-state index in [-0.39, 0.29) is 17.9 Å². The molecular formula is C10H10ClNO4. The Bertz CT molecular complexity index is 419. The molecule has 5 nitrogen and oxygen atoms in total. The zero-order chi connectivity index (χ0) is 12.1. The van der Waals surface area contributed by atoms with Gasteiger partial charge < -0.3 is 15.2 Å². The van der Waals surface area contributed by atoms with E-state index in [0.717, 1.165) is 0 Å². The second-order valence-corrected chi connectivity index (χ2v) is 3.23. The molecule has 0 aromatic heterocycles. The van der Waals surface area contributed by atoms with Crippen molar-refractivity contribution in [2.75, 3.05) is 6.61 Å². The lowest BCUT2D eigenvalue weighted by Crippen LogP contribution is -2.16. The van der Waals surface area contributed by atoms with E-state index in [1.165, 1.54) is 18.2 Å². The van der Waals surface area contributed by atoms with Gasteiger partial charge in [0.1, 0.15) is 5.75 Å². The van der Waals surface area contributed by atoms with Crippen LogP contribution >= 0.6 is 11.6 Å². The molecule has 1 aromatic rings. The molecule has 1 rings (SSSR count). The van der Waals surface area contributed by atoms with Gasteiger partial charge in [-0.2, -0.15) is 0 Å². The van der Waals surface area contributed by atoms with Crippen LogP contribution in [0, 0.1) is 0 Å². The van der Waals surface area contributed by atoms with Gasteiger partial charge in [-0.25, -0.2) is 4.79 Å². The molecule has 0 spiro atoms. The Hall–Kier alpha value is -1.75. The van der Waals surface area contributed by atoms with E-state index in [1.807, 2.05) is 0 Å². The SMILES string of the molecule is CCOC(=O)Oc1ccc(Cl)cc1C(N)=O. The van der Waals surface area contributed by atoms with Crippen LogP contribution in [0.1, 0.15) is 17.3 Å². The van der Waals surface area contributed by atoms with Crippen molar-refractivity contribution >= 4 is 23.7 Å². The van der Waals surface area contributed by atoms with Crippen LogP contribution in [0.4, 0.5) is 4.79 Å². The van der Waals surface area contributed by atoms with E-state index in [4.69, 9.17) is 22.1 Å². The molecule has 0 saturated heterocycles. The number of benzene rings is 1. The van der Waals surface area contributed by atoms with Crippen molar-refractivity contribution in [3.63, 3.8) is 0 Å². The summed E-state index contributed by atoms with van der Waals surface area (Å²) in [6, 6.07) is 4.17. The maximum atomic E-state index is 11.0. The number of hydrogen-bond donors (Lipinski definition) is 1. The Morgan fingerprint density at radius 3 is 2.69 bits per heavy atom. The van der Waals surface area contributed by atoms with Gasteiger partial charge in [0.25, 0.3) is 5.91 Å². The first-order valence-electron chi connectivity index (χ1n) is 4.48. The molecule has 0 fully saturated rings. The number of hydrogen-bond acceptors (Lipinski definition) is 4. The van der Waals surface area contributed by atoms with Crippen LogP contribution in [0.3, 0.4) is 0 Å². The number of halogens is 1. The third-order valence-corrected chi connectivity index (χ3v) is 1.90. The van der Waals surface area contributed by atoms with Crippen LogP contribution in [-0.2, 0) is 4.74 Å². The van der Waals surface area contributed by atoms with E-state index < -0.39 is 12.1 Å². The minimum Gasteiger partial charge on any atom is -0.434 e. The number of primary amides is 1. The molecule has 6 heteroatoms. The first-order chi connectivity index (χ1) is 7.54. The van der Waals surface area contributed by atoms with Crippen LogP contribution in [0.15, 0.2) is 18.2 Å². The van der Waals surface area contributed by atoms with Gasteiger partial charge in [0, 0.05) is 5.02 Å². The summed E-state index contributed by atoms with van der Waals surface area (Å²) >= 11 is 5.68. The predicted octanol–water partition coefficient (Wildman–Crippen LogP) is 1.97. The highest BCUT2D eigenvalue weighted by molar-refractivity contribution is 6.31. The molecule has 16 heavy (non-hydrogen) atoms. The van der Waals surface area contributed by atoms with Crippen molar-refractivity contribution in [2.45, 2.75) is 6.92 Å². The van der Waals surface area contributed by atoms with Gasteiger partial charge in [0.2, 0.25) is 0 Å². The normalized spacial score (nSPS) is 9.62. The van der Waals surface area contributed by atoms with E-state index in [1.54, 1.807) is 6.92 Å². The molecule has 0 aliphatic carbocycles. The van der Waals surface area contributed by atoms with E-state index in [0.29, 0.717) is 5.02 Å². The monoisotopic (exact) mass is 243 g/mol. The molecule has 0 unspecified atom stereocenters. The van der Waals surface area contributed by atoms with Crippen LogP contribution in [0.5, 0.6) is 5.75 Å². The van der Waals surface area contributed by atoms with Crippen molar-refractivity contribution in [3.05, 3.63) is 28.8 Å². The van der Waals surface area contributed by atoms with Crippen LogP contribution in [0.25, 0.3) is 0 Å². The minimum atomic E-state index is -0.896. The fourth-order valence-electron chi connectivity index (χ4n) is 1.02. The molecule has 2 N–H and O–H groups in total. The highest BCUT2D eigenvalue weighted by Crippen LogP contribution is 2.22. The lowest BCUT2D eigenvalue weighted by Gasteiger charge is -2.07. The number of carbonyl (C=O) groups excluding carboxylic acids is 2. The molecule has 0 atom stereocenters. The van der Waals surface area contributed by atoms with Gasteiger partial charge in [0.05, 0.1) is 12.2 Å². The van der Waals surface area contributed by atoms with Crippen molar-refractivity contribution in [3.8, 4) is 5.75 Å². The molecule has 0 heterocycles. The van der Waals surface area contributed by atoms with E-state index >= 15 is 0 Å². The Morgan fingerprint density at radius 2 is 2.12 bits per heavy atom. The molecule has 1 amide bonds. The van der Waals surface area contributed by atoms with Gasteiger partial charge in [-0.1, -0.05) is 11.6 Å². The van der Waals surface area contributed by atoms with Gasteiger partial charge in [-0.05, 0) is 25.1 Å². The Kier molecular flexibility index (Phi) is 4.13. The highest BCUT2D eigenvalue weighted by atomic mass is 35.5. The number of amides is 1. The topological polar surface area (TPSA) is 78.6 Å². The Labute approximate surface area is 97.1 Å². The summed E-state index contributed by atoms with van der Waals surface area (Å²) in [4.78, 5) is 22.1. The second kappa shape index (κ2) is 5.37. The molecular weight excluding hydrogens is 234 g/mol. The van der Waals surface area contributed by atoms with Crippen LogP contribution < -0.4 is 10.5 Å². The van der Waals surface area contributed by atoms with Gasteiger partial charge >= 0.3 is 6.16 Å². The number of nitrogens with two attached hydrogens (primary N) is 1. The van der Waals surface area contributed by atoms with Gasteiger partial charge in [-0.3, -0.25) is 4.79 Å². The molecule has 0 bridgehead atoms. The van der Waals surface area contributed by atoms with Crippen molar-refractivity contribution in [1.29, 1.82) is 0 Å². The maximum Gasteiger partial charge on any atom is 0.513 e. The molecule has 86 valence electrons. The van der Waals surface area contributed by atoms with Crippen LogP contribution in [-0.4, -0.2) is 18.7 Å². The van der Waals surface area contributed by atoms with Gasteiger partial charge in [0.15, 0.2) is 0 Å². The average molecular weight is 244 g/mol. The molecule has 0 aliphatic rings. The van der Waals surface area contributed by atoms with Crippen LogP contribution in [0.2, 0.25) is 5.02 Å². The summed E-state index contributed by atoms with van der Waals surface area (Å²) in [7, 11) is 0. The number of rotatable bonds is 3. The lowest BCUT2D eigenvalue weighted by molar-refractivity contribution is 0.0978. The maximum absolute atomic E-state index is 11.0. The predicted molar refractivity (Wildman–Crippen MR) is 57.6 cm³/mol. The molecule has 1 aromatic carbocycles. The van der Waals surface area contributed by atoms with Crippen molar-refractivity contribution in [2.24, 2.45) is 5.73 Å². The van der Waals surface area contributed by atoms with E-state index in [2.05, 4.69) is 4.74 Å². The smallest absolute Gasteiger partial charge is 0.434 e. The van der Waals surface area contributed by atoms with Gasteiger partial charge in [-0.15, -0.1) is 0 Å². The Balaban J connectivity index is 2.95. The Morgan fingerprint density at radius 1 is 1.44 bits per heavy atom. The van der Waals surface area contributed by atoms with Crippen molar-refractivity contribution in [1.82, 2.24) is 0 Å². The number of carbonyl (C=O) groups is 2. The fourth-order valence-corrected chi connectivity index (χ4v) is 1.19. The summed E-state index contributed by atoms with van der Waals surface area (Å²) in [6.07, 6.45) is -0.896.